The van der Waals surface area contributed by atoms with Gasteiger partial charge in [0.25, 0.3) is 0 Å². The number of rotatable bonds is 3. The van der Waals surface area contributed by atoms with Crippen molar-refractivity contribution in [1.82, 2.24) is 5.32 Å². The molecule has 1 aliphatic rings. The Bertz CT molecular complexity index is 656. The van der Waals surface area contributed by atoms with Crippen LogP contribution in [0.15, 0.2) is 40.9 Å². The first kappa shape index (κ1) is 14.9. The Labute approximate surface area is 137 Å². The fourth-order valence-electron chi connectivity index (χ4n) is 2.48. The number of nitrogens with one attached hydrogen (secondary N) is 2. The molecule has 1 aliphatic heterocycles. The zero-order chi connectivity index (χ0) is 14.7. The minimum absolute atomic E-state index is 0.0754. The molecule has 0 bridgehead atoms. The second kappa shape index (κ2) is 6.81. The van der Waals surface area contributed by atoms with Crippen LogP contribution in [0.3, 0.4) is 0 Å². The standard InChI is InChI=1S/C16H17BrN2OS/c17-13-3-1-12-8-14(4-2-11(12)7-13)19-16(20)9-15-10-21-6-5-18-15/h1-4,7-8,15,18H,5-6,9-10H2,(H,19,20). The lowest BCUT2D eigenvalue weighted by Gasteiger charge is -2.22. The molecule has 0 radical (unpaired) electrons. The Morgan fingerprint density at radius 2 is 2.10 bits per heavy atom. The van der Waals surface area contributed by atoms with Gasteiger partial charge < -0.3 is 10.6 Å². The third-order valence-electron chi connectivity index (χ3n) is 3.52. The molecule has 110 valence electrons. The van der Waals surface area contributed by atoms with Crippen LogP contribution in [-0.2, 0) is 4.79 Å². The Hall–Kier alpha value is -1.04. The van der Waals surface area contributed by atoms with E-state index >= 15 is 0 Å². The maximum Gasteiger partial charge on any atom is 0.225 e. The topological polar surface area (TPSA) is 41.1 Å². The van der Waals surface area contributed by atoms with Crippen LogP contribution in [0.5, 0.6) is 0 Å². The zero-order valence-electron chi connectivity index (χ0n) is 11.6. The van der Waals surface area contributed by atoms with Crippen LogP contribution in [0.4, 0.5) is 5.69 Å². The Kier molecular flexibility index (Phi) is 4.83. The number of amides is 1. The molecule has 3 rings (SSSR count). The van der Waals surface area contributed by atoms with Crippen LogP contribution >= 0.6 is 27.7 Å². The molecule has 5 heteroatoms. The number of benzene rings is 2. The van der Waals surface area contributed by atoms with Crippen molar-refractivity contribution >= 4 is 50.1 Å². The fraction of sp³-hybridized carbons (Fsp3) is 0.312. The van der Waals surface area contributed by atoms with Crippen LogP contribution in [0.1, 0.15) is 6.42 Å². The lowest BCUT2D eigenvalue weighted by atomic mass is 10.1. The number of thioether (sulfide) groups is 1. The summed E-state index contributed by atoms with van der Waals surface area (Å²) in [5, 5.41) is 8.67. The molecule has 0 aromatic heterocycles. The average Bonchev–Trinajstić information content (AvgIpc) is 2.48. The van der Waals surface area contributed by atoms with Gasteiger partial charge in [0.2, 0.25) is 5.91 Å². The minimum atomic E-state index is 0.0754. The van der Waals surface area contributed by atoms with Crippen LogP contribution in [0, 0.1) is 0 Å². The SMILES string of the molecule is O=C(CC1CSCCN1)Nc1ccc2cc(Br)ccc2c1. The minimum Gasteiger partial charge on any atom is -0.326 e. The normalized spacial score (nSPS) is 18.6. The van der Waals surface area contributed by atoms with Crippen LogP contribution < -0.4 is 10.6 Å². The molecule has 2 aromatic rings. The monoisotopic (exact) mass is 364 g/mol. The van der Waals surface area contributed by atoms with Crippen molar-refractivity contribution in [3.05, 3.63) is 40.9 Å². The predicted octanol–water partition coefficient (Wildman–Crippen LogP) is 3.64. The molecule has 3 nitrogen and oxygen atoms in total. The zero-order valence-corrected chi connectivity index (χ0v) is 14.0. The summed E-state index contributed by atoms with van der Waals surface area (Å²) in [6, 6.07) is 12.4. The number of hydrogen-bond acceptors (Lipinski definition) is 3. The van der Waals surface area contributed by atoms with E-state index in [9.17, 15) is 4.79 Å². The van der Waals surface area contributed by atoms with Crippen molar-refractivity contribution in [2.45, 2.75) is 12.5 Å². The molecule has 21 heavy (non-hydrogen) atoms. The van der Waals surface area contributed by atoms with Gasteiger partial charge in [-0.3, -0.25) is 4.79 Å². The molecular weight excluding hydrogens is 348 g/mol. The van der Waals surface area contributed by atoms with Gasteiger partial charge in [-0.25, -0.2) is 0 Å². The summed E-state index contributed by atoms with van der Waals surface area (Å²) in [4.78, 5) is 12.1. The molecule has 1 atom stereocenters. The summed E-state index contributed by atoms with van der Waals surface area (Å²) >= 11 is 5.38. The van der Waals surface area contributed by atoms with Gasteiger partial charge in [0.1, 0.15) is 0 Å². The number of carbonyl (C=O) groups excluding carboxylic acids is 1. The van der Waals surface area contributed by atoms with Crippen molar-refractivity contribution in [3.63, 3.8) is 0 Å². The smallest absolute Gasteiger partial charge is 0.225 e. The number of anilines is 1. The summed E-state index contributed by atoms with van der Waals surface area (Å²) < 4.78 is 1.06. The maximum atomic E-state index is 12.1. The van der Waals surface area contributed by atoms with E-state index in [-0.39, 0.29) is 5.91 Å². The lowest BCUT2D eigenvalue weighted by molar-refractivity contribution is -0.116. The van der Waals surface area contributed by atoms with Gasteiger partial charge in [0, 0.05) is 40.7 Å². The van der Waals surface area contributed by atoms with E-state index in [2.05, 4.69) is 38.7 Å². The lowest BCUT2D eigenvalue weighted by Crippen LogP contribution is -2.39. The molecule has 1 saturated heterocycles. The summed E-state index contributed by atoms with van der Waals surface area (Å²) in [5.41, 5.74) is 0.860. The highest BCUT2D eigenvalue weighted by Gasteiger charge is 2.16. The maximum absolute atomic E-state index is 12.1. The van der Waals surface area contributed by atoms with Gasteiger partial charge in [-0.15, -0.1) is 0 Å². The molecule has 1 amide bonds. The predicted molar refractivity (Wildman–Crippen MR) is 94.0 cm³/mol. The van der Waals surface area contributed by atoms with E-state index in [0.717, 1.165) is 39.0 Å². The molecule has 2 aromatic carbocycles. The van der Waals surface area contributed by atoms with Crippen LogP contribution in [0.25, 0.3) is 10.8 Å². The summed E-state index contributed by atoms with van der Waals surface area (Å²) in [7, 11) is 0. The number of hydrogen-bond donors (Lipinski definition) is 2. The van der Waals surface area contributed by atoms with E-state index in [4.69, 9.17) is 0 Å². The van der Waals surface area contributed by atoms with Gasteiger partial charge in [-0.1, -0.05) is 28.1 Å². The van der Waals surface area contributed by atoms with Crippen molar-refractivity contribution in [1.29, 1.82) is 0 Å². The Morgan fingerprint density at radius 3 is 2.90 bits per heavy atom. The summed E-state index contributed by atoms with van der Waals surface area (Å²) in [6.07, 6.45) is 0.533. The Morgan fingerprint density at radius 1 is 1.29 bits per heavy atom. The van der Waals surface area contributed by atoms with E-state index in [1.807, 2.05) is 36.0 Å². The molecule has 0 aliphatic carbocycles. The first-order valence-corrected chi connectivity index (χ1v) is 8.96. The van der Waals surface area contributed by atoms with Gasteiger partial charge in [0.15, 0.2) is 0 Å². The Balaban J connectivity index is 1.66. The highest BCUT2D eigenvalue weighted by atomic mass is 79.9. The molecule has 2 N–H and O–H groups in total. The molecule has 1 heterocycles. The van der Waals surface area contributed by atoms with Crippen molar-refractivity contribution < 1.29 is 4.79 Å². The first-order valence-electron chi connectivity index (χ1n) is 7.01. The van der Waals surface area contributed by atoms with Gasteiger partial charge >= 0.3 is 0 Å². The number of fused-ring (bicyclic) bond motifs is 1. The molecule has 1 fully saturated rings. The number of carbonyl (C=O) groups is 1. The average molecular weight is 365 g/mol. The quantitative estimate of drug-likeness (QED) is 0.873. The van der Waals surface area contributed by atoms with Crippen molar-refractivity contribution in [3.8, 4) is 0 Å². The van der Waals surface area contributed by atoms with E-state index in [0.29, 0.717) is 12.5 Å². The third-order valence-corrected chi connectivity index (χ3v) is 5.14. The van der Waals surface area contributed by atoms with E-state index in [1.54, 1.807) is 0 Å². The summed E-state index contributed by atoms with van der Waals surface area (Å²) in [5.74, 6) is 2.23. The highest BCUT2D eigenvalue weighted by molar-refractivity contribution is 9.10. The third kappa shape index (κ3) is 3.99. The largest absolute Gasteiger partial charge is 0.326 e. The van der Waals surface area contributed by atoms with Crippen LogP contribution in [0.2, 0.25) is 0 Å². The second-order valence-corrected chi connectivity index (χ2v) is 7.25. The van der Waals surface area contributed by atoms with Gasteiger partial charge in [0.05, 0.1) is 0 Å². The molecule has 1 unspecified atom stereocenters. The summed E-state index contributed by atoms with van der Waals surface area (Å²) in [6.45, 7) is 0.994. The van der Waals surface area contributed by atoms with Crippen molar-refractivity contribution in [2.24, 2.45) is 0 Å². The molecule has 0 saturated carbocycles. The number of halogens is 1. The molecule has 0 spiro atoms. The van der Waals surface area contributed by atoms with E-state index < -0.39 is 0 Å². The highest BCUT2D eigenvalue weighted by Crippen LogP contribution is 2.23. The molecular formula is C16H17BrN2OS. The van der Waals surface area contributed by atoms with E-state index in [1.165, 1.54) is 0 Å². The van der Waals surface area contributed by atoms with Gasteiger partial charge in [-0.05, 0) is 35.0 Å². The first-order chi connectivity index (χ1) is 10.2. The second-order valence-electron chi connectivity index (χ2n) is 5.18. The van der Waals surface area contributed by atoms with Crippen molar-refractivity contribution in [2.75, 3.05) is 23.4 Å². The fourth-order valence-corrected chi connectivity index (χ4v) is 3.81. The van der Waals surface area contributed by atoms with Crippen LogP contribution in [-0.4, -0.2) is 30.0 Å². The van der Waals surface area contributed by atoms with Gasteiger partial charge in [-0.2, -0.15) is 11.8 Å².